The summed E-state index contributed by atoms with van der Waals surface area (Å²) < 4.78 is 0. The second-order valence-corrected chi connectivity index (χ2v) is 3.71. The zero-order valence-corrected chi connectivity index (χ0v) is 8.17. The summed E-state index contributed by atoms with van der Waals surface area (Å²) in [5.74, 6) is 0.923. The maximum Gasteiger partial charge on any atom is 0.127 e. The Morgan fingerprint density at radius 3 is 2.86 bits per heavy atom. The SMILES string of the molecule is Cc1cc(C(=N)N)cc(NC2CC2)n1. The van der Waals surface area contributed by atoms with Crippen LogP contribution in [0.1, 0.15) is 24.1 Å². The van der Waals surface area contributed by atoms with Crippen molar-refractivity contribution in [2.75, 3.05) is 5.32 Å². The minimum absolute atomic E-state index is 0.0920. The van der Waals surface area contributed by atoms with Gasteiger partial charge in [-0.3, -0.25) is 5.41 Å². The Kier molecular flexibility index (Phi) is 2.11. The van der Waals surface area contributed by atoms with Gasteiger partial charge in [0.25, 0.3) is 0 Å². The molecule has 0 aromatic carbocycles. The van der Waals surface area contributed by atoms with Crippen LogP contribution in [0, 0.1) is 12.3 Å². The van der Waals surface area contributed by atoms with Crippen LogP contribution in [0.25, 0.3) is 0 Å². The lowest BCUT2D eigenvalue weighted by Gasteiger charge is -2.07. The van der Waals surface area contributed by atoms with E-state index >= 15 is 0 Å². The van der Waals surface area contributed by atoms with E-state index in [0.717, 1.165) is 17.1 Å². The summed E-state index contributed by atoms with van der Waals surface area (Å²) in [6, 6.07) is 4.22. The molecule has 1 aliphatic carbocycles. The molecule has 1 saturated carbocycles. The van der Waals surface area contributed by atoms with E-state index in [9.17, 15) is 0 Å². The second-order valence-electron chi connectivity index (χ2n) is 3.71. The number of pyridine rings is 1. The summed E-state index contributed by atoms with van der Waals surface area (Å²) in [4.78, 5) is 4.33. The van der Waals surface area contributed by atoms with Gasteiger partial charge in [-0.1, -0.05) is 0 Å². The summed E-state index contributed by atoms with van der Waals surface area (Å²) in [5, 5.41) is 10.6. The number of aromatic nitrogens is 1. The molecule has 1 aliphatic rings. The highest BCUT2D eigenvalue weighted by atomic mass is 15.0. The molecule has 2 rings (SSSR count). The van der Waals surface area contributed by atoms with E-state index in [4.69, 9.17) is 11.1 Å². The van der Waals surface area contributed by atoms with Gasteiger partial charge in [-0.05, 0) is 31.9 Å². The highest BCUT2D eigenvalue weighted by Gasteiger charge is 2.21. The lowest BCUT2D eigenvalue weighted by Crippen LogP contribution is -2.13. The van der Waals surface area contributed by atoms with Crippen molar-refractivity contribution in [3.8, 4) is 0 Å². The Hall–Kier alpha value is -1.58. The van der Waals surface area contributed by atoms with Crippen LogP contribution in [0.5, 0.6) is 0 Å². The number of amidine groups is 1. The van der Waals surface area contributed by atoms with Gasteiger partial charge in [-0.15, -0.1) is 0 Å². The first kappa shape index (κ1) is 8.99. The molecular weight excluding hydrogens is 176 g/mol. The molecule has 1 fully saturated rings. The van der Waals surface area contributed by atoms with E-state index in [1.54, 1.807) is 0 Å². The molecule has 14 heavy (non-hydrogen) atoms. The molecule has 0 bridgehead atoms. The summed E-state index contributed by atoms with van der Waals surface area (Å²) in [5.41, 5.74) is 7.05. The van der Waals surface area contributed by atoms with Crippen molar-refractivity contribution in [2.24, 2.45) is 5.73 Å². The van der Waals surface area contributed by atoms with Crippen molar-refractivity contribution >= 4 is 11.7 Å². The van der Waals surface area contributed by atoms with Crippen LogP contribution < -0.4 is 11.1 Å². The first-order chi connectivity index (χ1) is 6.65. The van der Waals surface area contributed by atoms with E-state index in [1.165, 1.54) is 12.8 Å². The number of nitrogens with one attached hydrogen (secondary N) is 2. The normalized spacial score (nSPS) is 15.2. The average Bonchev–Trinajstić information content (AvgIpc) is 2.87. The molecule has 0 saturated heterocycles. The van der Waals surface area contributed by atoms with Gasteiger partial charge < -0.3 is 11.1 Å². The van der Waals surface area contributed by atoms with Gasteiger partial charge >= 0.3 is 0 Å². The highest BCUT2D eigenvalue weighted by Crippen LogP contribution is 2.24. The van der Waals surface area contributed by atoms with Crippen LogP contribution in [0.3, 0.4) is 0 Å². The second kappa shape index (κ2) is 3.29. The number of nitrogens with two attached hydrogens (primary N) is 1. The molecule has 0 amide bonds. The van der Waals surface area contributed by atoms with Gasteiger partial charge in [0.05, 0.1) is 0 Å². The molecule has 1 heterocycles. The number of nitrogen functional groups attached to an aromatic ring is 1. The molecule has 4 heteroatoms. The maximum atomic E-state index is 7.35. The van der Waals surface area contributed by atoms with E-state index < -0.39 is 0 Å². The molecule has 4 N–H and O–H groups in total. The van der Waals surface area contributed by atoms with Crippen molar-refractivity contribution in [3.63, 3.8) is 0 Å². The number of hydrogen-bond donors (Lipinski definition) is 3. The van der Waals surface area contributed by atoms with E-state index in [0.29, 0.717) is 6.04 Å². The van der Waals surface area contributed by atoms with Gasteiger partial charge in [0.15, 0.2) is 0 Å². The highest BCUT2D eigenvalue weighted by molar-refractivity contribution is 5.95. The third-order valence-corrected chi connectivity index (χ3v) is 2.19. The predicted molar refractivity (Wildman–Crippen MR) is 56.6 cm³/mol. The van der Waals surface area contributed by atoms with Gasteiger partial charge in [-0.25, -0.2) is 4.98 Å². The monoisotopic (exact) mass is 190 g/mol. The number of rotatable bonds is 3. The third-order valence-electron chi connectivity index (χ3n) is 2.19. The fourth-order valence-electron chi connectivity index (χ4n) is 1.33. The van der Waals surface area contributed by atoms with Crippen molar-refractivity contribution in [1.82, 2.24) is 4.98 Å². The first-order valence-electron chi connectivity index (χ1n) is 4.75. The minimum atomic E-state index is 0.0920. The third kappa shape index (κ3) is 2.02. The van der Waals surface area contributed by atoms with Crippen molar-refractivity contribution in [1.29, 1.82) is 5.41 Å². The number of nitrogens with zero attached hydrogens (tertiary/aromatic N) is 1. The Morgan fingerprint density at radius 1 is 1.57 bits per heavy atom. The van der Waals surface area contributed by atoms with Crippen molar-refractivity contribution in [2.45, 2.75) is 25.8 Å². The smallest absolute Gasteiger partial charge is 0.127 e. The van der Waals surface area contributed by atoms with Crippen LogP contribution >= 0.6 is 0 Å². The molecule has 1 aromatic rings. The summed E-state index contributed by atoms with van der Waals surface area (Å²) in [7, 11) is 0. The zero-order valence-electron chi connectivity index (χ0n) is 8.17. The standard InChI is InChI=1S/C10H14N4/c1-6-4-7(10(11)12)5-9(13-6)14-8-2-3-8/h4-5,8H,2-3H2,1H3,(H3,11,12)(H,13,14). The predicted octanol–water partition coefficient (Wildman–Crippen LogP) is 1.25. The Balaban J connectivity index is 2.25. The minimum Gasteiger partial charge on any atom is -0.384 e. The van der Waals surface area contributed by atoms with Crippen LogP contribution in [0.15, 0.2) is 12.1 Å². The topological polar surface area (TPSA) is 74.8 Å². The lowest BCUT2D eigenvalue weighted by atomic mass is 10.2. The average molecular weight is 190 g/mol. The van der Waals surface area contributed by atoms with Crippen LogP contribution in [0.2, 0.25) is 0 Å². The Morgan fingerprint density at radius 2 is 2.29 bits per heavy atom. The molecule has 0 radical (unpaired) electrons. The Bertz CT molecular complexity index is 368. The zero-order chi connectivity index (χ0) is 10.1. The fraction of sp³-hybridized carbons (Fsp3) is 0.400. The molecular formula is C10H14N4. The number of hydrogen-bond acceptors (Lipinski definition) is 3. The van der Waals surface area contributed by atoms with Gasteiger partial charge in [0, 0.05) is 17.3 Å². The van der Waals surface area contributed by atoms with Crippen molar-refractivity contribution in [3.05, 3.63) is 23.4 Å². The molecule has 4 nitrogen and oxygen atoms in total. The molecule has 0 atom stereocenters. The largest absolute Gasteiger partial charge is 0.384 e. The molecule has 0 aliphatic heterocycles. The Labute approximate surface area is 83.0 Å². The molecule has 1 aromatic heterocycles. The quantitative estimate of drug-likeness (QED) is 0.496. The summed E-state index contributed by atoms with van der Waals surface area (Å²) >= 11 is 0. The fourth-order valence-corrected chi connectivity index (χ4v) is 1.33. The van der Waals surface area contributed by atoms with Crippen molar-refractivity contribution < 1.29 is 0 Å². The lowest BCUT2D eigenvalue weighted by molar-refractivity contribution is 1.09. The maximum absolute atomic E-state index is 7.35. The summed E-state index contributed by atoms with van der Waals surface area (Å²) in [6.07, 6.45) is 2.43. The van der Waals surface area contributed by atoms with Gasteiger partial charge in [-0.2, -0.15) is 0 Å². The van der Waals surface area contributed by atoms with E-state index in [2.05, 4.69) is 10.3 Å². The van der Waals surface area contributed by atoms with E-state index in [1.807, 2.05) is 19.1 Å². The summed E-state index contributed by atoms with van der Waals surface area (Å²) in [6.45, 7) is 1.91. The number of anilines is 1. The van der Waals surface area contributed by atoms with Gasteiger partial charge in [0.2, 0.25) is 0 Å². The van der Waals surface area contributed by atoms with Crippen LogP contribution in [0.4, 0.5) is 5.82 Å². The molecule has 0 spiro atoms. The van der Waals surface area contributed by atoms with Crippen LogP contribution in [-0.2, 0) is 0 Å². The number of aryl methyl sites for hydroxylation is 1. The van der Waals surface area contributed by atoms with Crippen LogP contribution in [-0.4, -0.2) is 16.9 Å². The van der Waals surface area contributed by atoms with E-state index in [-0.39, 0.29) is 5.84 Å². The van der Waals surface area contributed by atoms with Gasteiger partial charge in [0.1, 0.15) is 11.7 Å². The molecule has 74 valence electrons. The first-order valence-corrected chi connectivity index (χ1v) is 4.75. The molecule has 0 unspecified atom stereocenters.